The molecule has 0 aliphatic rings. The molecule has 0 saturated heterocycles. The van der Waals surface area contributed by atoms with Crippen LogP contribution in [0.1, 0.15) is 0 Å². The summed E-state index contributed by atoms with van der Waals surface area (Å²) in [5, 5.41) is 8.62. The van der Waals surface area contributed by atoms with E-state index in [2.05, 4.69) is 32.3 Å². The van der Waals surface area contributed by atoms with Crippen molar-refractivity contribution >= 4 is 11.4 Å². The number of rotatable bonds is 5. The van der Waals surface area contributed by atoms with Crippen LogP contribution in [-0.4, -0.2) is 15.0 Å². The highest BCUT2D eigenvalue weighted by atomic mass is 15.1. The molecule has 5 heteroatoms. The molecular weight excluding hydrogens is 394 g/mol. The lowest BCUT2D eigenvalue weighted by molar-refractivity contribution is 1.22. The molecule has 3 heterocycles. The summed E-state index contributed by atoms with van der Waals surface area (Å²) in [5.41, 5.74) is 6.95. The Bertz CT molecular complexity index is 1280. The van der Waals surface area contributed by atoms with E-state index in [1.54, 1.807) is 12.4 Å². The summed E-state index contributed by atoms with van der Waals surface area (Å²) in [4.78, 5) is 13.8. The Morgan fingerprint density at radius 3 is 1.50 bits per heavy atom. The van der Waals surface area contributed by atoms with Gasteiger partial charge < -0.3 is 0 Å². The molecular formula is C27H19N5. The summed E-state index contributed by atoms with van der Waals surface area (Å²) in [6.45, 7) is 0. The van der Waals surface area contributed by atoms with Gasteiger partial charge in [-0.25, -0.2) is 4.98 Å². The topological polar surface area (TPSA) is 63.4 Å². The number of azo groups is 1. The number of benzene rings is 2. The summed E-state index contributed by atoms with van der Waals surface area (Å²) in [6, 6.07) is 33.4. The van der Waals surface area contributed by atoms with Crippen molar-refractivity contribution in [2.45, 2.75) is 0 Å². The van der Waals surface area contributed by atoms with Crippen LogP contribution in [0.4, 0.5) is 11.4 Å². The molecule has 5 rings (SSSR count). The first-order valence-corrected chi connectivity index (χ1v) is 10.3. The summed E-state index contributed by atoms with van der Waals surface area (Å²) in [7, 11) is 0. The summed E-state index contributed by atoms with van der Waals surface area (Å²) in [5.74, 6) is 0. The van der Waals surface area contributed by atoms with Crippen molar-refractivity contribution in [2.75, 3.05) is 0 Å². The van der Waals surface area contributed by atoms with Gasteiger partial charge in [0.15, 0.2) is 0 Å². The zero-order valence-electron chi connectivity index (χ0n) is 17.2. The first-order chi connectivity index (χ1) is 15.8. The number of aromatic nitrogens is 3. The van der Waals surface area contributed by atoms with Gasteiger partial charge in [-0.15, -0.1) is 0 Å². The molecule has 152 valence electrons. The van der Waals surface area contributed by atoms with E-state index in [1.165, 1.54) is 0 Å². The van der Waals surface area contributed by atoms with Crippen LogP contribution < -0.4 is 0 Å². The van der Waals surface area contributed by atoms with Gasteiger partial charge in [-0.2, -0.15) is 10.2 Å². The third kappa shape index (κ3) is 4.47. The molecule has 2 aromatic carbocycles. The summed E-state index contributed by atoms with van der Waals surface area (Å²) < 4.78 is 0. The molecule has 3 aromatic heterocycles. The van der Waals surface area contributed by atoms with Gasteiger partial charge in [0.05, 0.1) is 34.2 Å². The zero-order chi connectivity index (χ0) is 21.6. The van der Waals surface area contributed by atoms with E-state index in [0.29, 0.717) is 0 Å². The first kappa shape index (κ1) is 19.5. The van der Waals surface area contributed by atoms with Crippen LogP contribution in [0.3, 0.4) is 0 Å². The van der Waals surface area contributed by atoms with E-state index in [-0.39, 0.29) is 0 Å². The highest BCUT2D eigenvalue weighted by Gasteiger charge is 2.10. The fourth-order valence-corrected chi connectivity index (χ4v) is 3.32. The third-order valence-electron chi connectivity index (χ3n) is 4.92. The van der Waals surface area contributed by atoms with Crippen LogP contribution in [-0.2, 0) is 0 Å². The first-order valence-electron chi connectivity index (χ1n) is 10.3. The van der Waals surface area contributed by atoms with Crippen LogP contribution >= 0.6 is 0 Å². The maximum absolute atomic E-state index is 4.82. The number of pyridine rings is 3. The number of hydrogen-bond donors (Lipinski definition) is 0. The predicted molar refractivity (Wildman–Crippen MR) is 127 cm³/mol. The molecule has 0 amide bonds. The highest BCUT2D eigenvalue weighted by Crippen LogP contribution is 2.30. The molecule has 0 atom stereocenters. The van der Waals surface area contributed by atoms with Crippen LogP contribution in [0.2, 0.25) is 0 Å². The Morgan fingerprint density at radius 1 is 0.438 bits per heavy atom. The molecule has 5 aromatic rings. The van der Waals surface area contributed by atoms with Gasteiger partial charge in [0.1, 0.15) is 0 Å². The lowest BCUT2D eigenvalue weighted by Crippen LogP contribution is -1.93. The van der Waals surface area contributed by atoms with E-state index < -0.39 is 0 Å². The van der Waals surface area contributed by atoms with Gasteiger partial charge in [-0.3, -0.25) is 9.97 Å². The van der Waals surface area contributed by atoms with Crippen LogP contribution in [0, 0.1) is 0 Å². The Balaban J connectivity index is 1.51. The maximum Gasteiger partial charge on any atom is 0.0900 e. The van der Waals surface area contributed by atoms with Gasteiger partial charge in [0.2, 0.25) is 0 Å². The standard InChI is InChI=1S/C27H19N5/c1-2-8-22(9-3-1)31-32-23-14-12-20(13-15-23)21-18-26(24-10-4-6-16-28-24)30-27(19-21)25-11-5-7-17-29-25/h1-19H. The molecule has 32 heavy (non-hydrogen) atoms. The molecule has 0 aliphatic heterocycles. The fraction of sp³-hybridized carbons (Fsp3) is 0. The summed E-state index contributed by atoms with van der Waals surface area (Å²) >= 11 is 0. The molecule has 5 nitrogen and oxygen atoms in total. The predicted octanol–water partition coefficient (Wildman–Crippen LogP) is 7.29. The van der Waals surface area contributed by atoms with Crippen LogP contribution in [0.5, 0.6) is 0 Å². The highest BCUT2D eigenvalue weighted by molar-refractivity contribution is 5.75. The molecule has 0 saturated carbocycles. The van der Waals surface area contributed by atoms with Crippen molar-refractivity contribution in [1.82, 2.24) is 15.0 Å². The average molecular weight is 413 g/mol. The van der Waals surface area contributed by atoms with Crippen molar-refractivity contribution in [3.05, 3.63) is 116 Å². The van der Waals surface area contributed by atoms with Gasteiger partial charge in [0.25, 0.3) is 0 Å². The second-order valence-corrected chi connectivity index (χ2v) is 7.14. The quantitative estimate of drug-likeness (QED) is 0.284. The van der Waals surface area contributed by atoms with Crippen molar-refractivity contribution in [3.63, 3.8) is 0 Å². The van der Waals surface area contributed by atoms with Gasteiger partial charge in [-0.1, -0.05) is 42.5 Å². The minimum absolute atomic E-state index is 0.793. The van der Waals surface area contributed by atoms with Crippen LogP contribution in [0.15, 0.2) is 126 Å². The molecule has 0 bridgehead atoms. The number of hydrogen-bond acceptors (Lipinski definition) is 5. The monoisotopic (exact) mass is 413 g/mol. The van der Waals surface area contributed by atoms with Crippen molar-refractivity contribution < 1.29 is 0 Å². The average Bonchev–Trinajstić information content (AvgIpc) is 2.89. The van der Waals surface area contributed by atoms with Crippen molar-refractivity contribution in [3.8, 4) is 33.9 Å². The normalized spacial score (nSPS) is 11.0. The fourth-order valence-electron chi connectivity index (χ4n) is 3.32. The second-order valence-electron chi connectivity index (χ2n) is 7.14. The van der Waals surface area contributed by atoms with Gasteiger partial charge >= 0.3 is 0 Å². The minimum atomic E-state index is 0.793. The van der Waals surface area contributed by atoms with Gasteiger partial charge in [-0.05, 0) is 71.8 Å². The second kappa shape index (κ2) is 9.10. The molecule has 0 spiro atoms. The smallest absolute Gasteiger partial charge is 0.0900 e. The lowest BCUT2D eigenvalue weighted by Gasteiger charge is -2.09. The Labute approximate surface area is 186 Å². The SMILES string of the molecule is c1ccc(N=Nc2ccc(-c3cc(-c4ccccn4)nc(-c4ccccn4)c3)cc2)cc1. The molecule has 0 N–H and O–H groups in total. The Kier molecular flexibility index (Phi) is 5.53. The molecule has 0 radical (unpaired) electrons. The van der Waals surface area contributed by atoms with E-state index in [9.17, 15) is 0 Å². The van der Waals surface area contributed by atoms with Crippen LogP contribution in [0.25, 0.3) is 33.9 Å². The number of nitrogens with zero attached hydrogens (tertiary/aromatic N) is 5. The van der Waals surface area contributed by atoms with Crippen molar-refractivity contribution in [2.24, 2.45) is 10.2 Å². The maximum atomic E-state index is 4.82. The minimum Gasteiger partial charge on any atom is -0.255 e. The largest absolute Gasteiger partial charge is 0.255 e. The van der Waals surface area contributed by atoms with E-state index in [4.69, 9.17) is 4.98 Å². The Morgan fingerprint density at radius 2 is 0.969 bits per heavy atom. The van der Waals surface area contributed by atoms with Gasteiger partial charge in [0, 0.05) is 12.4 Å². The van der Waals surface area contributed by atoms with E-state index in [1.807, 2.05) is 91.0 Å². The Hall–Kier alpha value is -4.51. The van der Waals surface area contributed by atoms with E-state index in [0.717, 1.165) is 45.3 Å². The third-order valence-corrected chi connectivity index (χ3v) is 4.92. The summed E-state index contributed by atoms with van der Waals surface area (Å²) in [6.07, 6.45) is 3.55. The molecule has 0 aliphatic carbocycles. The molecule has 0 fully saturated rings. The molecule has 0 unspecified atom stereocenters. The van der Waals surface area contributed by atoms with Crippen molar-refractivity contribution in [1.29, 1.82) is 0 Å². The van der Waals surface area contributed by atoms with E-state index >= 15 is 0 Å². The zero-order valence-corrected chi connectivity index (χ0v) is 17.2. The lowest BCUT2D eigenvalue weighted by atomic mass is 10.0.